The van der Waals surface area contributed by atoms with E-state index in [0.717, 1.165) is 18.4 Å². The number of aliphatic hydroxyl groups excluding tert-OH is 1. The van der Waals surface area contributed by atoms with Crippen LogP contribution in [0.3, 0.4) is 0 Å². The van der Waals surface area contributed by atoms with Gasteiger partial charge in [0.05, 0.1) is 12.1 Å². The number of alkyl carbamates (subject to hydrolysis) is 1. The number of ether oxygens (including phenoxy) is 1. The fourth-order valence-corrected chi connectivity index (χ4v) is 3.81. The maximum Gasteiger partial charge on any atom is 0.407 e. The van der Waals surface area contributed by atoms with Gasteiger partial charge in [-0.15, -0.1) is 0 Å². The van der Waals surface area contributed by atoms with Crippen molar-refractivity contribution in [2.45, 2.75) is 123 Å². The van der Waals surface area contributed by atoms with Crippen molar-refractivity contribution in [3.05, 3.63) is 42.2 Å². The van der Waals surface area contributed by atoms with Crippen molar-refractivity contribution < 1.29 is 19.4 Å². The highest BCUT2D eigenvalue weighted by Gasteiger charge is 2.27. The first-order valence-electron chi connectivity index (χ1n) is 14.2. The molecule has 0 bridgehead atoms. The lowest BCUT2D eigenvalue weighted by Gasteiger charge is -2.26. The van der Waals surface area contributed by atoms with Crippen molar-refractivity contribution in [2.24, 2.45) is 5.41 Å². The van der Waals surface area contributed by atoms with Crippen molar-refractivity contribution in [2.75, 3.05) is 6.54 Å². The van der Waals surface area contributed by atoms with Crippen molar-refractivity contribution >= 4 is 12.0 Å². The SMILES string of the molecule is CCCCCCCCCCCCC/C=C/[C@@H](O)[C@H](CNC(=O)OCc1ccncc1)NC(=O)C(C)(C)C. The van der Waals surface area contributed by atoms with Crippen LogP contribution in [0.1, 0.15) is 110 Å². The normalized spacial score (nSPS) is 13.3. The monoisotopic (exact) mass is 517 g/mol. The molecule has 0 unspecified atom stereocenters. The highest BCUT2D eigenvalue weighted by Crippen LogP contribution is 2.14. The fraction of sp³-hybridized carbons (Fsp3) is 0.700. The standard InChI is InChI=1S/C30H51N3O4/c1-5-6-7-8-9-10-11-12-13-14-15-16-17-18-27(34)26(33-28(35)30(2,3)4)23-32-29(36)37-24-25-19-21-31-22-20-25/h17-22,26-27,34H,5-16,23-24H2,1-4H3,(H,32,36)(H,33,35)/b18-17+/t26-,27+/m0/s1. The summed E-state index contributed by atoms with van der Waals surface area (Å²) in [7, 11) is 0. The van der Waals surface area contributed by atoms with E-state index in [-0.39, 0.29) is 19.1 Å². The van der Waals surface area contributed by atoms with Gasteiger partial charge < -0.3 is 20.5 Å². The minimum atomic E-state index is -0.917. The largest absolute Gasteiger partial charge is 0.445 e. The van der Waals surface area contributed by atoms with Gasteiger partial charge >= 0.3 is 6.09 Å². The molecule has 0 aliphatic carbocycles. The van der Waals surface area contributed by atoms with Gasteiger partial charge in [-0.05, 0) is 30.5 Å². The highest BCUT2D eigenvalue weighted by molar-refractivity contribution is 5.81. The molecule has 0 saturated heterocycles. The Balaban J connectivity index is 2.36. The predicted molar refractivity (Wildman–Crippen MR) is 150 cm³/mol. The average molecular weight is 518 g/mol. The molecule has 2 amide bonds. The third-order valence-electron chi connectivity index (χ3n) is 6.30. The number of nitrogens with one attached hydrogen (secondary N) is 2. The highest BCUT2D eigenvalue weighted by atomic mass is 16.5. The van der Waals surface area contributed by atoms with Crippen LogP contribution >= 0.6 is 0 Å². The topological polar surface area (TPSA) is 101 Å². The number of amides is 2. The maximum atomic E-state index is 12.5. The van der Waals surface area contributed by atoms with E-state index in [0.29, 0.717) is 0 Å². The number of hydrogen-bond donors (Lipinski definition) is 3. The number of carbonyl (C=O) groups is 2. The number of unbranched alkanes of at least 4 members (excludes halogenated alkanes) is 11. The number of carbonyl (C=O) groups excluding carboxylic acids is 2. The van der Waals surface area contributed by atoms with Gasteiger partial charge in [0.1, 0.15) is 6.61 Å². The second-order valence-electron chi connectivity index (χ2n) is 10.9. The van der Waals surface area contributed by atoms with Crippen LogP contribution in [0.25, 0.3) is 0 Å². The first-order chi connectivity index (χ1) is 17.7. The van der Waals surface area contributed by atoms with Crippen LogP contribution in [0.5, 0.6) is 0 Å². The number of aliphatic hydroxyl groups is 1. The van der Waals surface area contributed by atoms with Gasteiger partial charge in [-0.25, -0.2) is 4.79 Å². The molecular weight excluding hydrogens is 466 g/mol. The van der Waals surface area contributed by atoms with E-state index in [2.05, 4.69) is 22.5 Å². The number of hydrogen-bond acceptors (Lipinski definition) is 5. The number of allylic oxidation sites excluding steroid dienone is 1. The zero-order chi connectivity index (χ0) is 27.4. The van der Waals surface area contributed by atoms with Gasteiger partial charge in [0.2, 0.25) is 5.91 Å². The van der Waals surface area contributed by atoms with Gasteiger partial charge in [-0.1, -0.05) is 104 Å². The molecule has 1 aromatic rings. The van der Waals surface area contributed by atoms with Crippen molar-refractivity contribution in [1.29, 1.82) is 0 Å². The molecule has 1 rings (SSSR count). The summed E-state index contributed by atoms with van der Waals surface area (Å²) in [4.78, 5) is 28.6. The van der Waals surface area contributed by atoms with Gasteiger partial charge in [0.25, 0.3) is 0 Å². The Kier molecular flexibility index (Phi) is 17.3. The third-order valence-corrected chi connectivity index (χ3v) is 6.30. The smallest absolute Gasteiger partial charge is 0.407 e. The molecule has 0 saturated carbocycles. The van der Waals surface area contributed by atoms with Crippen molar-refractivity contribution in [3.63, 3.8) is 0 Å². The zero-order valence-electron chi connectivity index (χ0n) is 23.6. The Morgan fingerprint density at radius 1 is 0.973 bits per heavy atom. The van der Waals surface area contributed by atoms with E-state index in [9.17, 15) is 14.7 Å². The molecule has 1 aromatic heterocycles. The van der Waals surface area contributed by atoms with Crippen LogP contribution < -0.4 is 10.6 Å². The van der Waals surface area contributed by atoms with E-state index >= 15 is 0 Å². The molecule has 0 aromatic carbocycles. The van der Waals surface area contributed by atoms with Crippen LogP contribution in [-0.2, 0) is 16.1 Å². The molecule has 0 aliphatic rings. The molecule has 3 N–H and O–H groups in total. The van der Waals surface area contributed by atoms with Crippen LogP contribution in [0.15, 0.2) is 36.7 Å². The van der Waals surface area contributed by atoms with Crippen LogP contribution in [0, 0.1) is 5.41 Å². The van der Waals surface area contributed by atoms with Crippen LogP contribution in [0.4, 0.5) is 4.79 Å². The molecular formula is C30H51N3O4. The summed E-state index contributed by atoms with van der Waals surface area (Å²) in [6.07, 6.45) is 20.6. The summed E-state index contributed by atoms with van der Waals surface area (Å²) < 4.78 is 5.22. The average Bonchev–Trinajstić information content (AvgIpc) is 2.87. The quantitative estimate of drug-likeness (QED) is 0.144. The summed E-state index contributed by atoms with van der Waals surface area (Å²) in [5.74, 6) is -0.192. The van der Waals surface area contributed by atoms with E-state index in [4.69, 9.17) is 4.74 Å². The van der Waals surface area contributed by atoms with E-state index in [1.165, 1.54) is 64.2 Å². The molecule has 37 heavy (non-hydrogen) atoms. The number of nitrogens with zero attached hydrogens (tertiary/aromatic N) is 1. The Morgan fingerprint density at radius 3 is 2.11 bits per heavy atom. The number of pyridine rings is 1. The molecule has 0 spiro atoms. The summed E-state index contributed by atoms with van der Waals surface area (Å²) in [5, 5.41) is 16.2. The lowest BCUT2D eigenvalue weighted by atomic mass is 9.94. The summed E-state index contributed by atoms with van der Waals surface area (Å²) in [5.41, 5.74) is 0.215. The molecule has 7 nitrogen and oxygen atoms in total. The van der Waals surface area contributed by atoms with E-state index in [1.807, 2.05) is 26.8 Å². The van der Waals surface area contributed by atoms with Gasteiger partial charge in [-0.2, -0.15) is 0 Å². The molecule has 0 radical (unpaired) electrons. The number of rotatable bonds is 19. The van der Waals surface area contributed by atoms with Gasteiger partial charge in [0.15, 0.2) is 0 Å². The minimum absolute atomic E-state index is 0.0565. The molecule has 210 valence electrons. The Bertz CT molecular complexity index is 762. The molecule has 0 aliphatic heterocycles. The molecule has 2 atom stereocenters. The Morgan fingerprint density at radius 2 is 1.54 bits per heavy atom. The van der Waals surface area contributed by atoms with E-state index in [1.54, 1.807) is 30.6 Å². The molecule has 1 heterocycles. The third kappa shape index (κ3) is 16.9. The molecule has 7 heteroatoms. The van der Waals surface area contributed by atoms with Crippen LogP contribution in [0.2, 0.25) is 0 Å². The summed E-state index contributed by atoms with van der Waals surface area (Å²) in [6.45, 7) is 7.86. The maximum absolute atomic E-state index is 12.5. The van der Waals surface area contributed by atoms with Crippen LogP contribution in [-0.4, -0.2) is 40.8 Å². The second kappa shape index (κ2) is 19.7. The fourth-order valence-electron chi connectivity index (χ4n) is 3.81. The van der Waals surface area contributed by atoms with Crippen molar-refractivity contribution in [3.8, 4) is 0 Å². The van der Waals surface area contributed by atoms with Crippen molar-refractivity contribution in [1.82, 2.24) is 15.6 Å². The zero-order valence-corrected chi connectivity index (χ0v) is 23.6. The number of aromatic nitrogens is 1. The molecule has 0 fully saturated rings. The summed E-state index contributed by atoms with van der Waals surface area (Å²) in [6, 6.07) is 2.88. The Labute approximate surface area is 224 Å². The Hall–Kier alpha value is -2.41. The van der Waals surface area contributed by atoms with E-state index < -0.39 is 23.7 Å². The van der Waals surface area contributed by atoms with Gasteiger partial charge in [-0.3, -0.25) is 9.78 Å². The first kappa shape index (κ1) is 32.6. The minimum Gasteiger partial charge on any atom is -0.445 e. The lowest BCUT2D eigenvalue weighted by molar-refractivity contribution is -0.129. The first-order valence-corrected chi connectivity index (χ1v) is 14.2. The predicted octanol–water partition coefficient (Wildman–Crippen LogP) is 6.46. The van der Waals surface area contributed by atoms with Gasteiger partial charge in [0, 0.05) is 24.4 Å². The lowest BCUT2D eigenvalue weighted by Crippen LogP contribution is -2.52. The summed E-state index contributed by atoms with van der Waals surface area (Å²) >= 11 is 0. The second-order valence-corrected chi connectivity index (χ2v) is 10.9.